The van der Waals surface area contributed by atoms with Crippen LogP contribution in [0.1, 0.15) is 18.1 Å². The Bertz CT molecular complexity index is 848. The average Bonchev–Trinajstić information content (AvgIpc) is 3.22. The highest BCUT2D eigenvalue weighted by Gasteiger charge is 2.55. The number of carboxylic acids is 1. The smallest absolute Gasteiger partial charge is 0.333 e. The molecule has 2 aliphatic rings. The zero-order chi connectivity index (χ0) is 21.6. The van der Waals surface area contributed by atoms with Crippen LogP contribution in [0.3, 0.4) is 0 Å². The Hall–Kier alpha value is -1.61. The summed E-state index contributed by atoms with van der Waals surface area (Å²) in [6, 6.07) is 12.4. The van der Waals surface area contributed by atoms with Gasteiger partial charge in [0.15, 0.2) is 6.10 Å². The summed E-state index contributed by atoms with van der Waals surface area (Å²) in [7, 11) is 0. The van der Waals surface area contributed by atoms with E-state index in [-0.39, 0.29) is 37.2 Å². The molecular formula is C24H34Cl3N3O4. The van der Waals surface area contributed by atoms with Crippen LogP contribution in [0.5, 0.6) is 5.75 Å². The molecule has 2 heterocycles. The number of benzene rings is 1. The van der Waals surface area contributed by atoms with Crippen LogP contribution in [0.25, 0.3) is 0 Å². The number of fused-ring (bicyclic) bond motifs is 1. The molecule has 4 atom stereocenters. The maximum absolute atomic E-state index is 11.2. The second-order valence-corrected chi connectivity index (χ2v) is 8.34. The summed E-state index contributed by atoms with van der Waals surface area (Å²) in [4.78, 5) is 17.8. The number of hydrogen-bond acceptors (Lipinski definition) is 6. The van der Waals surface area contributed by atoms with Crippen molar-refractivity contribution in [3.8, 4) is 5.75 Å². The minimum atomic E-state index is -0.932. The molecule has 190 valence electrons. The van der Waals surface area contributed by atoms with E-state index in [1.54, 1.807) is 6.92 Å². The van der Waals surface area contributed by atoms with Crippen LogP contribution < -0.4 is 10.1 Å². The first-order valence-electron chi connectivity index (χ1n) is 11.0. The number of halogens is 3. The average molecular weight is 535 g/mol. The molecule has 2 aromatic rings. The largest absolute Gasteiger partial charge is 0.492 e. The summed E-state index contributed by atoms with van der Waals surface area (Å²) in [6.07, 6.45) is 3.27. The number of likely N-dealkylation sites (tertiary alicyclic amines) is 1. The van der Waals surface area contributed by atoms with Crippen LogP contribution in [0.2, 0.25) is 0 Å². The lowest BCUT2D eigenvalue weighted by Crippen LogP contribution is -2.33. The predicted molar refractivity (Wildman–Crippen MR) is 139 cm³/mol. The molecule has 1 aromatic carbocycles. The van der Waals surface area contributed by atoms with Gasteiger partial charge in [-0.25, -0.2) is 4.79 Å². The molecule has 2 N–H and O–H groups in total. The van der Waals surface area contributed by atoms with E-state index in [0.29, 0.717) is 25.7 Å². The SMILES string of the molecule is CCO[C@@H](Cc1ccc(OCCNC2[C@H]3CN(Cc4ccncc4)C[C@@H]23)cc1)C(=O)O.Cl.Cl.Cl. The van der Waals surface area contributed by atoms with E-state index < -0.39 is 12.1 Å². The third kappa shape index (κ3) is 8.26. The second-order valence-electron chi connectivity index (χ2n) is 8.34. The van der Waals surface area contributed by atoms with Gasteiger partial charge >= 0.3 is 5.97 Å². The number of nitrogens with one attached hydrogen (secondary N) is 1. The monoisotopic (exact) mass is 533 g/mol. The quantitative estimate of drug-likeness (QED) is 0.403. The molecule has 1 saturated heterocycles. The van der Waals surface area contributed by atoms with E-state index in [4.69, 9.17) is 9.47 Å². The molecule has 7 nitrogen and oxygen atoms in total. The molecule has 0 bridgehead atoms. The van der Waals surface area contributed by atoms with Crippen molar-refractivity contribution in [3.05, 3.63) is 59.9 Å². The Balaban J connectivity index is 0.00000193. The number of pyridine rings is 1. The Morgan fingerprint density at radius 1 is 1.09 bits per heavy atom. The zero-order valence-corrected chi connectivity index (χ0v) is 21.6. The summed E-state index contributed by atoms with van der Waals surface area (Å²) >= 11 is 0. The molecule has 0 amide bonds. The first kappa shape index (κ1) is 30.4. The molecular weight excluding hydrogens is 501 g/mol. The number of nitrogens with zero attached hydrogens (tertiary/aromatic N) is 2. The van der Waals surface area contributed by atoms with Crippen molar-refractivity contribution in [2.45, 2.75) is 32.0 Å². The summed E-state index contributed by atoms with van der Waals surface area (Å²) in [5, 5.41) is 12.8. The first-order chi connectivity index (χ1) is 15.1. The lowest BCUT2D eigenvalue weighted by molar-refractivity contribution is -0.149. The standard InChI is InChI=1S/C24H31N3O4.3ClH/c1-2-30-22(24(28)29)13-17-3-5-19(6-4-17)31-12-11-26-23-20-15-27(16-21(20)23)14-18-7-9-25-10-8-18;;;/h3-10,20-23,26H,2,11-16H2,1H3,(H,28,29);3*1H/t20-,21+,22-,23?;;;/m0.../s1. The fourth-order valence-electron chi connectivity index (χ4n) is 4.54. The van der Waals surface area contributed by atoms with Gasteiger partial charge in [-0.05, 0) is 54.2 Å². The van der Waals surface area contributed by atoms with Crippen LogP contribution in [-0.2, 0) is 22.5 Å². The molecule has 2 fully saturated rings. The highest BCUT2D eigenvalue weighted by Crippen LogP contribution is 2.45. The Kier molecular flexibility index (Phi) is 13.2. The van der Waals surface area contributed by atoms with Crippen molar-refractivity contribution in [1.82, 2.24) is 15.2 Å². The maximum Gasteiger partial charge on any atom is 0.333 e. The van der Waals surface area contributed by atoms with Crippen LogP contribution in [-0.4, -0.2) is 66.0 Å². The fourth-order valence-corrected chi connectivity index (χ4v) is 4.54. The highest BCUT2D eigenvalue weighted by molar-refractivity contribution is 5.86. The maximum atomic E-state index is 11.2. The highest BCUT2D eigenvalue weighted by atomic mass is 35.5. The van der Waals surface area contributed by atoms with Gasteiger partial charge in [0.2, 0.25) is 0 Å². The van der Waals surface area contributed by atoms with E-state index in [2.05, 4.69) is 27.3 Å². The number of piperidine rings is 1. The van der Waals surface area contributed by atoms with Crippen molar-refractivity contribution in [1.29, 1.82) is 0 Å². The minimum absolute atomic E-state index is 0. The number of hydrogen-bond donors (Lipinski definition) is 2. The van der Waals surface area contributed by atoms with Crippen LogP contribution >= 0.6 is 37.2 Å². The molecule has 1 aliphatic carbocycles. The van der Waals surface area contributed by atoms with Crippen molar-refractivity contribution < 1.29 is 19.4 Å². The second kappa shape index (κ2) is 14.7. The molecule has 0 radical (unpaired) electrons. The molecule has 4 rings (SSSR count). The topological polar surface area (TPSA) is 83.9 Å². The molecule has 1 aliphatic heterocycles. The summed E-state index contributed by atoms with van der Waals surface area (Å²) in [5.41, 5.74) is 2.25. The summed E-state index contributed by atoms with van der Waals surface area (Å²) in [5.74, 6) is 1.38. The Morgan fingerprint density at radius 2 is 1.74 bits per heavy atom. The first-order valence-corrected chi connectivity index (χ1v) is 11.0. The van der Waals surface area contributed by atoms with Gasteiger partial charge in [-0.2, -0.15) is 0 Å². The molecule has 34 heavy (non-hydrogen) atoms. The lowest BCUT2D eigenvalue weighted by atomic mass is 10.1. The fraction of sp³-hybridized carbons (Fsp3) is 0.500. The van der Waals surface area contributed by atoms with Gasteiger partial charge in [0.25, 0.3) is 0 Å². The van der Waals surface area contributed by atoms with E-state index in [9.17, 15) is 9.90 Å². The van der Waals surface area contributed by atoms with Crippen LogP contribution in [0, 0.1) is 11.8 Å². The Labute approximate surface area is 219 Å². The van der Waals surface area contributed by atoms with Gasteiger partial charge in [-0.15, -0.1) is 37.2 Å². The van der Waals surface area contributed by atoms with E-state index >= 15 is 0 Å². The number of rotatable bonds is 12. The molecule has 10 heteroatoms. The van der Waals surface area contributed by atoms with Crippen molar-refractivity contribution in [2.24, 2.45) is 11.8 Å². The van der Waals surface area contributed by atoms with Crippen molar-refractivity contribution >= 4 is 43.2 Å². The van der Waals surface area contributed by atoms with Gasteiger partial charge < -0.3 is 19.9 Å². The van der Waals surface area contributed by atoms with Gasteiger partial charge in [0.1, 0.15) is 12.4 Å². The molecule has 1 unspecified atom stereocenters. The molecule has 1 aromatic heterocycles. The molecule has 1 saturated carbocycles. The third-order valence-electron chi connectivity index (χ3n) is 6.16. The van der Waals surface area contributed by atoms with Crippen molar-refractivity contribution in [3.63, 3.8) is 0 Å². The van der Waals surface area contributed by atoms with Gasteiger partial charge in [-0.1, -0.05) is 12.1 Å². The van der Waals surface area contributed by atoms with E-state index in [1.165, 1.54) is 5.56 Å². The minimum Gasteiger partial charge on any atom is -0.492 e. The third-order valence-corrected chi connectivity index (χ3v) is 6.16. The van der Waals surface area contributed by atoms with E-state index in [0.717, 1.165) is 49.3 Å². The number of carboxylic acid groups (broad SMARTS) is 1. The van der Waals surface area contributed by atoms with E-state index in [1.807, 2.05) is 36.7 Å². The Morgan fingerprint density at radius 3 is 2.32 bits per heavy atom. The van der Waals surface area contributed by atoms with Crippen molar-refractivity contribution in [2.75, 3.05) is 32.8 Å². The number of ether oxygens (including phenoxy) is 2. The van der Waals surface area contributed by atoms with Gasteiger partial charge in [0, 0.05) is 57.6 Å². The lowest BCUT2D eigenvalue weighted by Gasteiger charge is -2.19. The number of aromatic nitrogens is 1. The van der Waals surface area contributed by atoms with Gasteiger partial charge in [0.05, 0.1) is 0 Å². The molecule has 0 spiro atoms. The van der Waals surface area contributed by atoms with Crippen LogP contribution in [0.4, 0.5) is 0 Å². The zero-order valence-electron chi connectivity index (χ0n) is 19.2. The van der Waals surface area contributed by atoms with Crippen LogP contribution in [0.15, 0.2) is 48.8 Å². The number of carbonyl (C=O) groups is 1. The normalized spacial score (nSPS) is 21.3. The number of aliphatic carboxylic acids is 1. The summed E-state index contributed by atoms with van der Waals surface area (Å²) in [6.45, 7) is 6.96. The summed E-state index contributed by atoms with van der Waals surface area (Å²) < 4.78 is 11.1. The predicted octanol–water partition coefficient (Wildman–Crippen LogP) is 3.48. The van der Waals surface area contributed by atoms with Gasteiger partial charge in [-0.3, -0.25) is 9.88 Å².